The molecule has 0 spiro atoms. The number of nitrogens with zero attached hydrogens (tertiary/aromatic N) is 2. The van der Waals surface area contributed by atoms with Crippen molar-refractivity contribution in [2.45, 2.75) is 6.92 Å². The van der Waals surface area contributed by atoms with Crippen LogP contribution in [0.2, 0.25) is 0 Å². The van der Waals surface area contributed by atoms with Gasteiger partial charge in [0.25, 0.3) is 6.01 Å². The van der Waals surface area contributed by atoms with Gasteiger partial charge in [0.05, 0.1) is 7.11 Å². The van der Waals surface area contributed by atoms with Crippen molar-refractivity contribution in [1.82, 2.24) is 15.0 Å². The number of hydrogen-bond acceptors (Lipinski definition) is 4. The predicted molar refractivity (Wildman–Crippen MR) is 63.9 cm³/mol. The second-order valence-electron chi connectivity index (χ2n) is 3.51. The molecule has 1 heterocycles. The summed E-state index contributed by atoms with van der Waals surface area (Å²) in [4.78, 5) is 10.7. The summed E-state index contributed by atoms with van der Waals surface area (Å²) in [6.45, 7) is 1.81. The Hall–Kier alpha value is -1.82. The molecule has 0 aliphatic carbocycles. The van der Waals surface area contributed by atoms with Gasteiger partial charge in [0, 0.05) is 5.56 Å². The molecule has 0 fully saturated rings. The van der Waals surface area contributed by atoms with Crippen LogP contribution in [0.3, 0.4) is 0 Å². The highest BCUT2D eigenvalue weighted by atomic mass is 32.1. The fourth-order valence-corrected chi connectivity index (χ4v) is 1.65. The molecule has 0 aliphatic heterocycles. The van der Waals surface area contributed by atoms with Crippen LogP contribution in [0, 0.1) is 17.5 Å². The second-order valence-corrected chi connectivity index (χ2v) is 3.87. The summed E-state index contributed by atoms with van der Waals surface area (Å²) in [5.41, 5.74) is 1.41. The van der Waals surface area contributed by atoms with Crippen LogP contribution in [0.1, 0.15) is 5.56 Å². The van der Waals surface area contributed by atoms with Crippen LogP contribution >= 0.6 is 12.2 Å². The minimum Gasteiger partial charge on any atom is -0.468 e. The van der Waals surface area contributed by atoms with Crippen molar-refractivity contribution in [2.75, 3.05) is 7.11 Å². The van der Waals surface area contributed by atoms with Gasteiger partial charge in [0.15, 0.2) is 0 Å². The molecule has 0 bridgehead atoms. The molecule has 4 nitrogen and oxygen atoms in total. The molecule has 17 heavy (non-hydrogen) atoms. The highest BCUT2D eigenvalue weighted by Crippen LogP contribution is 2.19. The van der Waals surface area contributed by atoms with Crippen LogP contribution in [0.25, 0.3) is 11.4 Å². The molecule has 2 aromatic rings. The van der Waals surface area contributed by atoms with Gasteiger partial charge in [-0.2, -0.15) is 4.98 Å². The average Bonchev–Trinajstić information content (AvgIpc) is 2.26. The molecule has 0 unspecified atom stereocenters. The van der Waals surface area contributed by atoms with Crippen molar-refractivity contribution < 1.29 is 9.13 Å². The number of methoxy groups -OCH3 is 1. The van der Waals surface area contributed by atoms with Crippen molar-refractivity contribution >= 4 is 12.2 Å². The monoisotopic (exact) mass is 251 g/mol. The van der Waals surface area contributed by atoms with Gasteiger partial charge in [-0.1, -0.05) is 0 Å². The molecule has 0 saturated carbocycles. The highest BCUT2D eigenvalue weighted by molar-refractivity contribution is 7.71. The van der Waals surface area contributed by atoms with E-state index < -0.39 is 0 Å². The number of nitrogens with one attached hydrogen (secondary N) is 1. The Kier molecular flexibility index (Phi) is 3.14. The van der Waals surface area contributed by atoms with E-state index in [1.165, 1.54) is 19.2 Å². The zero-order chi connectivity index (χ0) is 12.4. The summed E-state index contributed by atoms with van der Waals surface area (Å²) in [6, 6.07) is 4.87. The third-order valence-corrected chi connectivity index (χ3v) is 2.32. The van der Waals surface area contributed by atoms with Gasteiger partial charge in [-0.15, -0.1) is 0 Å². The lowest BCUT2D eigenvalue weighted by atomic mass is 10.1. The normalized spacial score (nSPS) is 10.3. The van der Waals surface area contributed by atoms with Crippen molar-refractivity contribution in [3.05, 3.63) is 34.4 Å². The van der Waals surface area contributed by atoms with Crippen molar-refractivity contribution in [1.29, 1.82) is 0 Å². The molecule has 0 aliphatic rings. The maximum atomic E-state index is 13.3. The van der Waals surface area contributed by atoms with E-state index in [9.17, 15) is 4.39 Å². The first-order chi connectivity index (χ1) is 8.08. The Labute approximate surface area is 103 Å². The van der Waals surface area contributed by atoms with E-state index in [4.69, 9.17) is 17.0 Å². The fraction of sp³-hybridized carbons (Fsp3) is 0.182. The first-order valence-electron chi connectivity index (χ1n) is 4.88. The number of ether oxygens (including phenoxy) is 1. The van der Waals surface area contributed by atoms with Crippen molar-refractivity contribution in [3.8, 4) is 17.4 Å². The molecule has 0 radical (unpaired) electrons. The molecule has 2 rings (SSSR count). The number of aromatic amines is 1. The maximum absolute atomic E-state index is 13.3. The minimum absolute atomic E-state index is 0.150. The Balaban J connectivity index is 2.59. The highest BCUT2D eigenvalue weighted by Gasteiger charge is 2.06. The number of aromatic nitrogens is 3. The third-order valence-electron chi connectivity index (χ3n) is 2.14. The molecular weight excluding hydrogens is 241 g/mol. The van der Waals surface area contributed by atoms with Crippen LogP contribution < -0.4 is 4.74 Å². The van der Waals surface area contributed by atoms with Crippen LogP contribution in [0.15, 0.2) is 18.2 Å². The minimum atomic E-state index is -0.322. The first-order valence-corrected chi connectivity index (χ1v) is 5.29. The number of aryl methyl sites for hydroxylation is 1. The summed E-state index contributed by atoms with van der Waals surface area (Å²) in [6.07, 6.45) is 0. The van der Waals surface area contributed by atoms with E-state index in [1.807, 2.05) is 0 Å². The van der Waals surface area contributed by atoms with E-state index in [-0.39, 0.29) is 16.6 Å². The van der Waals surface area contributed by atoms with E-state index in [1.54, 1.807) is 13.0 Å². The van der Waals surface area contributed by atoms with E-state index >= 15 is 0 Å². The lowest BCUT2D eigenvalue weighted by molar-refractivity contribution is 0.378. The lowest BCUT2D eigenvalue weighted by Crippen LogP contribution is -1.98. The number of halogens is 1. The van der Waals surface area contributed by atoms with Crippen molar-refractivity contribution in [2.24, 2.45) is 0 Å². The third kappa shape index (κ3) is 2.65. The quantitative estimate of drug-likeness (QED) is 0.834. The smallest absolute Gasteiger partial charge is 0.297 e. The largest absolute Gasteiger partial charge is 0.468 e. The zero-order valence-electron chi connectivity index (χ0n) is 9.32. The van der Waals surface area contributed by atoms with Gasteiger partial charge in [-0.3, -0.25) is 4.98 Å². The SMILES string of the molecule is COc1nc(=S)nc(-c2cc(C)cc(F)c2)[nH]1. The lowest BCUT2D eigenvalue weighted by Gasteiger charge is -2.05. The van der Waals surface area contributed by atoms with Crippen LogP contribution in [-0.2, 0) is 0 Å². The van der Waals surface area contributed by atoms with Crippen LogP contribution in [-0.4, -0.2) is 22.1 Å². The molecule has 88 valence electrons. The molecule has 1 aromatic carbocycles. The molecular formula is C11H10FN3OS. The predicted octanol–water partition coefficient (Wildman–Crippen LogP) is 2.66. The van der Waals surface area contributed by atoms with Gasteiger partial charge in [0.1, 0.15) is 11.6 Å². The Morgan fingerprint density at radius 3 is 2.71 bits per heavy atom. The summed E-state index contributed by atoms with van der Waals surface area (Å²) < 4.78 is 18.4. The van der Waals surface area contributed by atoms with E-state index in [2.05, 4.69) is 15.0 Å². The number of benzene rings is 1. The molecule has 1 aromatic heterocycles. The molecule has 1 N–H and O–H groups in total. The van der Waals surface area contributed by atoms with E-state index in [0.29, 0.717) is 11.4 Å². The number of hydrogen-bond donors (Lipinski definition) is 1. The molecule has 0 amide bonds. The first kappa shape index (κ1) is 11.7. The Bertz CT molecular complexity index is 592. The summed E-state index contributed by atoms with van der Waals surface area (Å²) in [7, 11) is 1.47. The zero-order valence-corrected chi connectivity index (χ0v) is 10.1. The van der Waals surface area contributed by atoms with Crippen molar-refractivity contribution in [3.63, 3.8) is 0 Å². The Morgan fingerprint density at radius 1 is 1.29 bits per heavy atom. The molecule has 6 heteroatoms. The standard InChI is InChI=1S/C11H10FN3OS/c1-6-3-7(5-8(12)4-6)9-13-10(16-2)15-11(17)14-9/h3-5H,1-2H3,(H,13,14,15,17). The maximum Gasteiger partial charge on any atom is 0.297 e. The Morgan fingerprint density at radius 2 is 2.06 bits per heavy atom. The van der Waals surface area contributed by atoms with Crippen LogP contribution in [0.4, 0.5) is 4.39 Å². The van der Waals surface area contributed by atoms with Gasteiger partial charge >= 0.3 is 0 Å². The summed E-state index contributed by atoms with van der Waals surface area (Å²) in [5, 5.41) is 0. The van der Waals surface area contributed by atoms with Gasteiger partial charge in [-0.25, -0.2) is 9.37 Å². The molecule has 0 atom stereocenters. The molecule has 0 saturated heterocycles. The summed E-state index contributed by atoms with van der Waals surface area (Å²) >= 11 is 4.90. The van der Waals surface area contributed by atoms with Gasteiger partial charge < -0.3 is 4.74 Å². The number of H-pyrrole nitrogens is 1. The van der Waals surface area contributed by atoms with Crippen LogP contribution in [0.5, 0.6) is 6.01 Å². The fourth-order valence-electron chi connectivity index (χ4n) is 1.47. The topological polar surface area (TPSA) is 50.8 Å². The van der Waals surface area contributed by atoms with E-state index in [0.717, 1.165) is 5.56 Å². The second kappa shape index (κ2) is 4.58. The van der Waals surface area contributed by atoms with Gasteiger partial charge in [0.2, 0.25) is 4.77 Å². The van der Waals surface area contributed by atoms with Gasteiger partial charge in [-0.05, 0) is 42.9 Å². The number of rotatable bonds is 2. The average molecular weight is 251 g/mol. The summed E-state index contributed by atoms with van der Waals surface area (Å²) in [5.74, 6) is 0.112.